The maximum atomic E-state index is 9.60. The number of hydrogen-bond donors (Lipinski definition) is 1. The molecule has 2 aliphatic heterocycles. The van der Waals surface area contributed by atoms with Gasteiger partial charge in [-0.15, -0.1) is 0 Å². The zero-order chi connectivity index (χ0) is 14.8. The van der Waals surface area contributed by atoms with Crippen LogP contribution in [0.4, 0.5) is 5.82 Å². The number of aryl methyl sites for hydroxylation is 2. The summed E-state index contributed by atoms with van der Waals surface area (Å²) in [6.07, 6.45) is 5.27. The number of rotatable bonds is 4. The van der Waals surface area contributed by atoms with Crippen LogP contribution in [0.2, 0.25) is 0 Å². The van der Waals surface area contributed by atoms with Gasteiger partial charge in [-0.1, -0.05) is 0 Å². The molecule has 0 spiro atoms. The Morgan fingerprint density at radius 1 is 1.14 bits per heavy atom. The first-order chi connectivity index (χ1) is 10.2. The van der Waals surface area contributed by atoms with Crippen molar-refractivity contribution in [3.8, 4) is 0 Å². The van der Waals surface area contributed by atoms with Gasteiger partial charge in [0.15, 0.2) is 0 Å². The van der Waals surface area contributed by atoms with Crippen molar-refractivity contribution in [2.24, 2.45) is 13.0 Å². The zero-order valence-corrected chi connectivity index (χ0v) is 13.4. The maximum Gasteiger partial charge on any atom is 0.132 e. The monoisotopic (exact) mass is 292 g/mol. The third kappa shape index (κ3) is 3.09. The van der Waals surface area contributed by atoms with Crippen LogP contribution in [-0.2, 0) is 13.7 Å². The van der Waals surface area contributed by atoms with Gasteiger partial charge < -0.3 is 14.9 Å². The van der Waals surface area contributed by atoms with Crippen LogP contribution in [0.25, 0.3) is 0 Å². The highest BCUT2D eigenvalue weighted by Gasteiger charge is 2.26. The average Bonchev–Trinajstić information content (AvgIpc) is 3.07. The maximum absolute atomic E-state index is 9.60. The Balaban J connectivity index is 1.60. The van der Waals surface area contributed by atoms with Crippen LogP contribution in [0.1, 0.15) is 36.9 Å². The summed E-state index contributed by atoms with van der Waals surface area (Å²) in [6.45, 7) is 8.13. The number of nitrogens with zero attached hydrogens (tertiary/aromatic N) is 4. The quantitative estimate of drug-likeness (QED) is 0.914. The lowest BCUT2D eigenvalue weighted by atomic mass is 9.96. The van der Waals surface area contributed by atoms with E-state index in [9.17, 15) is 5.11 Å². The van der Waals surface area contributed by atoms with Gasteiger partial charge in [-0.3, -0.25) is 4.68 Å². The van der Waals surface area contributed by atoms with Gasteiger partial charge in [0, 0.05) is 32.2 Å². The van der Waals surface area contributed by atoms with E-state index in [2.05, 4.69) is 14.9 Å². The van der Waals surface area contributed by atoms with Crippen molar-refractivity contribution in [1.82, 2.24) is 14.7 Å². The molecule has 0 amide bonds. The van der Waals surface area contributed by atoms with Crippen molar-refractivity contribution in [3.63, 3.8) is 0 Å². The number of hydrogen-bond acceptors (Lipinski definition) is 4. The van der Waals surface area contributed by atoms with E-state index in [1.807, 2.05) is 18.7 Å². The minimum Gasteiger partial charge on any atom is -0.391 e. The van der Waals surface area contributed by atoms with Gasteiger partial charge in [0.25, 0.3) is 0 Å². The van der Waals surface area contributed by atoms with Gasteiger partial charge in [-0.2, -0.15) is 5.10 Å². The summed E-state index contributed by atoms with van der Waals surface area (Å²) in [5.41, 5.74) is 1.95. The number of piperidine rings is 1. The smallest absolute Gasteiger partial charge is 0.132 e. The van der Waals surface area contributed by atoms with E-state index >= 15 is 0 Å². The number of aliphatic hydroxyl groups excluding tert-OH is 1. The lowest BCUT2D eigenvalue weighted by Gasteiger charge is -2.35. The molecule has 118 valence electrons. The van der Waals surface area contributed by atoms with Crippen molar-refractivity contribution >= 4 is 5.82 Å². The van der Waals surface area contributed by atoms with Gasteiger partial charge in [0.05, 0.1) is 12.3 Å². The Hall–Kier alpha value is -1.07. The Morgan fingerprint density at radius 2 is 1.81 bits per heavy atom. The van der Waals surface area contributed by atoms with Gasteiger partial charge in [0.2, 0.25) is 0 Å². The molecule has 3 rings (SSSR count). The second-order valence-corrected chi connectivity index (χ2v) is 6.61. The normalized spacial score (nSPS) is 21.4. The number of aromatic nitrogens is 2. The molecule has 0 aliphatic carbocycles. The van der Waals surface area contributed by atoms with E-state index in [1.165, 1.54) is 45.3 Å². The summed E-state index contributed by atoms with van der Waals surface area (Å²) in [5, 5.41) is 14.1. The minimum atomic E-state index is 0.0860. The molecular formula is C16H28N4O. The molecule has 0 bridgehead atoms. The van der Waals surface area contributed by atoms with Crippen LogP contribution in [0.3, 0.4) is 0 Å². The fraction of sp³-hybridized carbons (Fsp3) is 0.812. The van der Waals surface area contributed by atoms with Crippen LogP contribution >= 0.6 is 0 Å². The standard InChI is InChI=1S/C16H28N4O/c1-13-15(12-21)16(18(2)17-13)20-9-5-14(6-10-20)11-19-7-3-4-8-19/h14,21H,3-12H2,1-2H3. The van der Waals surface area contributed by atoms with Crippen molar-refractivity contribution in [2.45, 2.75) is 39.2 Å². The van der Waals surface area contributed by atoms with E-state index in [0.29, 0.717) is 0 Å². The Bertz CT molecular complexity index is 471. The van der Waals surface area contributed by atoms with Gasteiger partial charge >= 0.3 is 0 Å². The van der Waals surface area contributed by atoms with E-state index in [4.69, 9.17) is 0 Å². The number of aliphatic hydroxyl groups is 1. The van der Waals surface area contributed by atoms with E-state index in [-0.39, 0.29) is 6.61 Å². The summed E-state index contributed by atoms with van der Waals surface area (Å²) < 4.78 is 1.93. The molecule has 2 fully saturated rings. The SMILES string of the molecule is Cc1nn(C)c(N2CCC(CN3CCCC3)CC2)c1CO. The molecule has 1 N–H and O–H groups in total. The molecule has 0 unspecified atom stereocenters. The molecule has 5 heteroatoms. The topological polar surface area (TPSA) is 44.5 Å². The lowest BCUT2D eigenvalue weighted by molar-refractivity contribution is 0.248. The van der Waals surface area contributed by atoms with Crippen LogP contribution < -0.4 is 4.90 Å². The summed E-state index contributed by atoms with van der Waals surface area (Å²) in [5.74, 6) is 1.96. The third-order valence-electron chi connectivity index (χ3n) is 5.10. The van der Waals surface area contributed by atoms with Crippen LogP contribution in [0.5, 0.6) is 0 Å². The molecule has 3 heterocycles. The number of likely N-dealkylation sites (tertiary alicyclic amines) is 1. The first-order valence-corrected chi connectivity index (χ1v) is 8.29. The highest BCUT2D eigenvalue weighted by molar-refractivity contribution is 5.50. The fourth-order valence-electron chi connectivity index (χ4n) is 3.93. The van der Waals surface area contributed by atoms with Crippen molar-refractivity contribution in [3.05, 3.63) is 11.3 Å². The molecule has 1 aromatic rings. The largest absolute Gasteiger partial charge is 0.391 e. The summed E-state index contributed by atoms with van der Waals surface area (Å²) in [7, 11) is 1.98. The second-order valence-electron chi connectivity index (χ2n) is 6.61. The molecule has 0 radical (unpaired) electrons. The minimum absolute atomic E-state index is 0.0860. The van der Waals surface area contributed by atoms with E-state index in [0.717, 1.165) is 36.1 Å². The van der Waals surface area contributed by atoms with Crippen LogP contribution in [0, 0.1) is 12.8 Å². The molecular weight excluding hydrogens is 264 g/mol. The summed E-state index contributed by atoms with van der Waals surface area (Å²) in [4.78, 5) is 5.04. The molecule has 2 saturated heterocycles. The predicted molar refractivity (Wildman–Crippen MR) is 84.5 cm³/mol. The van der Waals surface area contributed by atoms with Gasteiger partial charge in [-0.05, 0) is 51.6 Å². The third-order valence-corrected chi connectivity index (χ3v) is 5.10. The summed E-state index contributed by atoms with van der Waals surface area (Å²) in [6, 6.07) is 0. The molecule has 0 aromatic carbocycles. The van der Waals surface area contributed by atoms with Crippen molar-refractivity contribution < 1.29 is 5.11 Å². The highest BCUT2D eigenvalue weighted by atomic mass is 16.3. The van der Waals surface area contributed by atoms with Crippen LogP contribution in [0.15, 0.2) is 0 Å². The molecule has 5 nitrogen and oxygen atoms in total. The fourth-order valence-corrected chi connectivity index (χ4v) is 3.93. The molecule has 2 aliphatic rings. The number of anilines is 1. The highest BCUT2D eigenvalue weighted by Crippen LogP contribution is 2.28. The van der Waals surface area contributed by atoms with Gasteiger partial charge in [0.1, 0.15) is 5.82 Å². The molecule has 21 heavy (non-hydrogen) atoms. The molecule has 0 atom stereocenters. The Labute approximate surface area is 127 Å². The lowest BCUT2D eigenvalue weighted by Crippen LogP contribution is -2.39. The van der Waals surface area contributed by atoms with E-state index < -0.39 is 0 Å². The van der Waals surface area contributed by atoms with Crippen LogP contribution in [-0.4, -0.2) is 52.5 Å². The Morgan fingerprint density at radius 3 is 2.43 bits per heavy atom. The summed E-state index contributed by atoms with van der Waals surface area (Å²) >= 11 is 0. The molecule has 0 saturated carbocycles. The first kappa shape index (κ1) is 14.9. The van der Waals surface area contributed by atoms with Gasteiger partial charge in [-0.25, -0.2) is 0 Å². The molecule has 1 aromatic heterocycles. The zero-order valence-electron chi connectivity index (χ0n) is 13.4. The first-order valence-electron chi connectivity index (χ1n) is 8.29. The van der Waals surface area contributed by atoms with Crippen molar-refractivity contribution in [2.75, 3.05) is 37.6 Å². The second kappa shape index (κ2) is 6.36. The predicted octanol–water partition coefficient (Wildman–Crippen LogP) is 1.53. The van der Waals surface area contributed by atoms with E-state index in [1.54, 1.807) is 0 Å². The average molecular weight is 292 g/mol. The van der Waals surface area contributed by atoms with Crippen molar-refractivity contribution in [1.29, 1.82) is 0 Å². The Kier molecular flexibility index (Phi) is 4.50.